The van der Waals surface area contributed by atoms with Gasteiger partial charge < -0.3 is 18.9 Å². The van der Waals surface area contributed by atoms with Crippen molar-refractivity contribution in [1.29, 1.82) is 0 Å². The first kappa shape index (κ1) is 18.6. The number of nitrogens with zero attached hydrogens (tertiary/aromatic N) is 2. The summed E-state index contributed by atoms with van der Waals surface area (Å²) < 4.78 is 24.1. The third kappa shape index (κ3) is 3.03. The van der Waals surface area contributed by atoms with Gasteiger partial charge in [0.2, 0.25) is 13.0 Å². The van der Waals surface area contributed by atoms with Crippen LogP contribution in [0, 0.1) is 0 Å². The van der Waals surface area contributed by atoms with E-state index in [0.717, 1.165) is 56.3 Å². The summed E-state index contributed by atoms with van der Waals surface area (Å²) in [5, 5.41) is 7.07. The van der Waals surface area contributed by atoms with Crippen molar-refractivity contribution in [3.8, 4) is 23.0 Å². The number of rotatable bonds is 3. The van der Waals surface area contributed by atoms with E-state index >= 15 is 0 Å². The van der Waals surface area contributed by atoms with Gasteiger partial charge in [0, 0.05) is 22.0 Å². The highest BCUT2D eigenvalue weighted by Gasteiger charge is 2.42. The van der Waals surface area contributed by atoms with Gasteiger partial charge in [-0.25, -0.2) is 5.01 Å². The van der Waals surface area contributed by atoms with Crippen molar-refractivity contribution in [3.05, 3.63) is 81.8 Å². The first-order valence-corrected chi connectivity index (χ1v) is 10.9. The van der Waals surface area contributed by atoms with Gasteiger partial charge in [0.1, 0.15) is 11.5 Å². The van der Waals surface area contributed by atoms with Crippen LogP contribution < -0.4 is 18.9 Å². The van der Waals surface area contributed by atoms with Crippen molar-refractivity contribution < 1.29 is 18.9 Å². The highest BCUT2D eigenvalue weighted by Crippen LogP contribution is 2.49. The number of ether oxygens (including phenoxy) is 4. The molecule has 7 heteroatoms. The van der Waals surface area contributed by atoms with Crippen LogP contribution in [0.3, 0.4) is 0 Å². The first-order valence-electron chi connectivity index (χ1n) is 10.1. The molecule has 0 fully saturated rings. The average molecular weight is 479 g/mol. The van der Waals surface area contributed by atoms with Gasteiger partial charge in [-0.3, -0.25) is 0 Å². The maximum absolute atomic E-state index is 6.46. The molecule has 0 saturated heterocycles. The van der Waals surface area contributed by atoms with Crippen LogP contribution in [0.25, 0.3) is 0 Å². The first-order chi connectivity index (χ1) is 15.2. The molecule has 156 valence electrons. The van der Waals surface area contributed by atoms with Crippen LogP contribution in [-0.2, 0) is 0 Å². The maximum Gasteiger partial charge on any atom is 0.231 e. The van der Waals surface area contributed by atoms with E-state index < -0.39 is 6.23 Å². The van der Waals surface area contributed by atoms with Crippen molar-refractivity contribution in [3.63, 3.8) is 0 Å². The molecule has 3 aliphatic rings. The number of halogens is 1. The minimum atomic E-state index is -0.404. The Hall–Kier alpha value is -3.19. The Labute approximate surface area is 188 Å². The van der Waals surface area contributed by atoms with Gasteiger partial charge in [-0.1, -0.05) is 34.1 Å². The SMILES string of the molecule is COc1ccc(Br)cc1[C@H]1Oc2ccccc2[C@@H]2CC(c3ccc4c(c3)OCO4)=NN12. The van der Waals surface area contributed by atoms with Crippen LogP contribution in [0.5, 0.6) is 23.0 Å². The van der Waals surface area contributed by atoms with Crippen LogP contribution in [0.2, 0.25) is 0 Å². The van der Waals surface area contributed by atoms with E-state index in [0.29, 0.717) is 0 Å². The Bertz CT molecular complexity index is 1210. The molecule has 6 rings (SSSR count). The zero-order chi connectivity index (χ0) is 20.9. The second-order valence-corrected chi connectivity index (χ2v) is 8.52. The largest absolute Gasteiger partial charge is 0.496 e. The molecule has 3 aromatic carbocycles. The number of hydrogen-bond donors (Lipinski definition) is 0. The van der Waals surface area contributed by atoms with Crippen LogP contribution >= 0.6 is 15.9 Å². The fraction of sp³-hybridized carbons (Fsp3) is 0.208. The number of hydrazone groups is 1. The summed E-state index contributed by atoms with van der Waals surface area (Å²) in [4.78, 5) is 0. The predicted molar refractivity (Wildman–Crippen MR) is 119 cm³/mol. The standard InChI is InChI=1S/C24H19BrN2O4/c1-28-20-9-7-15(25)11-17(20)24-27-19(16-4-2-3-5-21(16)31-24)12-18(26-27)14-6-8-22-23(10-14)30-13-29-22/h2-11,19,24H,12-13H2,1H3/t19-,24+/m0/s1. The van der Waals surface area contributed by atoms with E-state index in [9.17, 15) is 0 Å². The Morgan fingerprint density at radius 1 is 0.968 bits per heavy atom. The molecule has 0 spiro atoms. The van der Waals surface area contributed by atoms with Crippen molar-refractivity contribution in [2.24, 2.45) is 5.10 Å². The van der Waals surface area contributed by atoms with Crippen LogP contribution in [0.4, 0.5) is 0 Å². The Balaban J connectivity index is 1.46. The zero-order valence-electron chi connectivity index (χ0n) is 16.7. The zero-order valence-corrected chi connectivity index (χ0v) is 18.3. The van der Waals surface area contributed by atoms with E-state index in [1.54, 1.807) is 7.11 Å². The van der Waals surface area contributed by atoms with Gasteiger partial charge in [-0.05, 0) is 42.5 Å². The van der Waals surface area contributed by atoms with E-state index in [1.807, 2.05) is 59.6 Å². The number of fused-ring (bicyclic) bond motifs is 4. The van der Waals surface area contributed by atoms with Crippen LogP contribution in [0.1, 0.15) is 35.4 Å². The van der Waals surface area contributed by atoms with Crippen molar-refractivity contribution in [1.82, 2.24) is 5.01 Å². The molecule has 6 nitrogen and oxygen atoms in total. The van der Waals surface area contributed by atoms with E-state index in [2.05, 4.69) is 22.0 Å². The van der Waals surface area contributed by atoms with Gasteiger partial charge in [0.15, 0.2) is 11.5 Å². The molecular formula is C24H19BrN2O4. The Morgan fingerprint density at radius 3 is 2.74 bits per heavy atom. The lowest BCUT2D eigenvalue weighted by molar-refractivity contribution is -0.0203. The van der Waals surface area contributed by atoms with E-state index in [1.165, 1.54) is 0 Å². The van der Waals surface area contributed by atoms with Crippen LogP contribution in [0.15, 0.2) is 70.2 Å². The summed E-state index contributed by atoms with van der Waals surface area (Å²) in [6, 6.07) is 20.1. The molecule has 3 aliphatic heterocycles. The fourth-order valence-electron chi connectivity index (χ4n) is 4.39. The number of benzene rings is 3. The molecule has 0 bridgehead atoms. The molecule has 2 atom stereocenters. The normalized spacial score (nSPS) is 20.6. The lowest BCUT2D eigenvalue weighted by Gasteiger charge is -2.38. The van der Waals surface area contributed by atoms with Gasteiger partial charge in [0.25, 0.3) is 0 Å². The molecule has 31 heavy (non-hydrogen) atoms. The lowest BCUT2D eigenvalue weighted by Crippen LogP contribution is -2.33. The molecule has 0 amide bonds. The second-order valence-electron chi connectivity index (χ2n) is 7.61. The topological polar surface area (TPSA) is 52.5 Å². The molecule has 3 aromatic rings. The summed E-state index contributed by atoms with van der Waals surface area (Å²) in [7, 11) is 1.67. The Morgan fingerprint density at radius 2 is 1.84 bits per heavy atom. The number of hydrogen-bond acceptors (Lipinski definition) is 6. The van der Waals surface area contributed by atoms with E-state index in [-0.39, 0.29) is 12.8 Å². The summed E-state index contributed by atoms with van der Waals surface area (Å²) in [5.41, 5.74) is 4.07. The van der Waals surface area contributed by atoms with Crippen molar-refractivity contribution in [2.75, 3.05) is 13.9 Å². The molecular weight excluding hydrogens is 460 g/mol. The molecule has 0 saturated carbocycles. The van der Waals surface area contributed by atoms with Crippen molar-refractivity contribution >= 4 is 21.6 Å². The Kier molecular flexibility index (Phi) is 4.31. The molecule has 0 unspecified atom stereocenters. The van der Waals surface area contributed by atoms with Gasteiger partial charge in [-0.15, -0.1) is 0 Å². The quantitative estimate of drug-likeness (QED) is 0.502. The highest BCUT2D eigenvalue weighted by atomic mass is 79.9. The molecule has 0 aromatic heterocycles. The summed E-state index contributed by atoms with van der Waals surface area (Å²) in [6.45, 7) is 0.256. The summed E-state index contributed by atoms with van der Waals surface area (Å²) in [5.74, 6) is 3.16. The van der Waals surface area contributed by atoms with Crippen LogP contribution in [-0.4, -0.2) is 24.6 Å². The molecule has 0 radical (unpaired) electrons. The van der Waals surface area contributed by atoms with E-state index in [4.69, 9.17) is 24.0 Å². The smallest absolute Gasteiger partial charge is 0.231 e. The monoisotopic (exact) mass is 478 g/mol. The second kappa shape index (κ2) is 7.20. The third-order valence-corrected chi connectivity index (χ3v) is 6.36. The molecule has 0 aliphatic carbocycles. The number of para-hydroxylation sites is 1. The highest BCUT2D eigenvalue weighted by molar-refractivity contribution is 9.10. The minimum absolute atomic E-state index is 0.0686. The third-order valence-electron chi connectivity index (χ3n) is 5.86. The predicted octanol–water partition coefficient (Wildman–Crippen LogP) is 5.43. The molecule has 0 N–H and O–H groups in total. The molecule has 3 heterocycles. The maximum atomic E-state index is 6.46. The van der Waals surface area contributed by atoms with Gasteiger partial charge >= 0.3 is 0 Å². The summed E-state index contributed by atoms with van der Waals surface area (Å²) in [6.07, 6.45) is 0.367. The summed E-state index contributed by atoms with van der Waals surface area (Å²) >= 11 is 3.58. The minimum Gasteiger partial charge on any atom is -0.496 e. The lowest BCUT2D eigenvalue weighted by atomic mass is 9.95. The van der Waals surface area contributed by atoms with Gasteiger partial charge in [-0.2, -0.15) is 5.10 Å². The van der Waals surface area contributed by atoms with Crippen molar-refractivity contribution in [2.45, 2.75) is 18.7 Å². The van der Waals surface area contributed by atoms with Gasteiger partial charge in [0.05, 0.1) is 24.4 Å². The fourth-order valence-corrected chi connectivity index (χ4v) is 4.77. The number of methoxy groups -OCH3 is 1. The average Bonchev–Trinajstić information content (AvgIpc) is 3.45.